The minimum atomic E-state index is -0.669. The lowest BCUT2D eigenvalue weighted by molar-refractivity contribution is -0.148. The predicted octanol–water partition coefficient (Wildman–Crippen LogP) is 4.25. The first-order valence-corrected chi connectivity index (χ1v) is 8.35. The van der Waals surface area contributed by atoms with Crippen molar-refractivity contribution in [1.29, 1.82) is 0 Å². The van der Waals surface area contributed by atoms with Gasteiger partial charge in [-0.25, -0.2) is 0 Å². The van der Waals surface area contributed by atoms with Gasteiger partial charge >= 0.3 is 5.97 Å². The molecule has 1 heterocycles. The Kier molecular flexibility index (Phi) is 5.53. The van der Waals surface area contributed by atoms with Gasteiger partial charge in [-0.05, 0) is 37.3 Å². The first kappa shape index (κ1) is 17.9. The van der Waals surface area contributed by atoms with Crippen molar-refractivity contribution in [2.24, 2.45) is 0 Å². The number of esters is 1. The second kappa shape index (κ2) is 8.01. The Morgan fingerprint density at radius 2 is 1.96 bits per heavy atom. The number of hydrogen-bond donors (Lipinski definition) is 0. The number of benzene rings is 2. The van der Waals surface area contributed by atoms with Gasteiger partial charge in [-0.2, -0.15) is 0 Å². The quantitative estimate of drug-likeness (QED) is 0.602. The molecule has 6 nitrogen and oxygen atoms in total. The van der Waals surface area contributed by atoms with Crippen molar-refractivity contribution in [3.63, 3.8) is 0 Å². The summed E-state index contributed by atoms with van der Waals surface area (Å²) in [4.78, 5) is 12.2. The summed E-state index contributed by atoms with van der Waals surface area (Å²) < 4.78 is 16.2. The van der Waals surface area contributed by atoms with Gasteiger partial charge in [0.05, 0.1) is 13.5 Å². The molecule has 0 amide bonds. The highest BCUT2D eigenvalue weighted by molar-refractivity contribution is 6.30. The number of methoxy groups -OCH3 is 1. The van der Waals surface area contributed by atoms with Gasteiger partial charge < -0.3 is 13.9 Å². The number of hydrogen-bond acceptors (Lipinski definition) is 6. The van der Waals surface area contributed by atoms with Crippen LogP contribution in [0, 0.1) is 0 Å². The van der Waals surface area contributed by atoms with Crippen molar-refractivity contribution in [1.82, 2.24) is 10.2 Å². The molecule has 0 aliphatic rings. The van der Waals surface area contributed by atoms with Crippen molar-refractivity contribution in [3.8, 4) is 17.2 Å². The van der Waals surface area contributed by atoms with Gasteiger partial charge in [0, 0.05) is 16.1 Å². The lowest BCUT2D eigenvalue weighted by Crippen LogP contribution is -2.12. The highest BCUT2D eigenvalue weighted by Crippen LogP contribution is 2.25. The predicted molar refractivity (Wildman–Crippen MR) is 95.9 cm³/mol. The molecule has 0 N–H and O–H groups in total. The first-order valence-electron chi connectivity index (χ1n) is 7.97. The molecule has 0 aliphatic carbocycles. The molecule has 0 aliphatic heterocycles. The Balaban J connectivity index is 1.67. The minimum Gasteiger partial charge on any atom is -0.496 e. The van der Waals surface area contributed by atoms with E-state index in [-0.39, 0.29) is 12.3 Å². The Morgan fingerprint density at radius 1 is 1.19 bits per heavy atom. The highest BCUT2D eigenvalue weighted by Gasteiger charge is 2.20. The monoisotopic (exact) mass is 372 g/mol. The summed E-state index contributed by atoms with van der Waals surface area (Å²) in [6.07, 6.45) is -0.647. The Labute approximate surface area is 155 Å². The van der Waals surface area contributed by atoms with E-state index >= 15 is 0 Å². The maximum atomic E-state index is 12.2. The maximum Gasteiger partial charge on any atom is 0.311 e. The van der Waals surface area contributed by atoms with Crippen LogP contribution in [0.3, 0.4) is 0 Å². The number of carbonyl (C=O) groups excluding carboxylic acids is 1. The van der Waals surface area contributed by atoms with E-state index in [4.69, 9.17) is 25.5 Å². The normalized spacial score (nSPS) is 11.8. The topological polar surface area (TPSA) is 74.5 Å². The number of carbonyl (C=O) groups is 1. The van der Waals surface area contributed by atoms with E-state index in [9.17, 15) is 4.79 Å². The van der Waals surface area contributed by atoms with Crippen LogP contribution in [0.15, 0.2) is 52.9 Å². The van der Waals surface area contributed by atoms with Crippen molar-refractivity contribution < 1.29 is 18.7 Å². The summed E-state index contributed by atoms with van der Waals surface area (Å²) in [5, 5.41) is 8.47. The summed E-state index contributed by atoms with van der Waals surface area (Å²) in [7, 11) is 1.53. The van der Waals surface area contributed by atoms with Crippen LogP contribution in [0.2, 0.25) is 5.02 Å². The van der Waals surface area contributed by atoms with Crippen LogP contribution in [-0.2, 0) is 16.0 Å². The highest BCUT2D eigenvalue weighted by atomic mass is 35.5. The van der Waals surface area contributed by atoms with Crippen molar-refractivity contribution >= 4 is 17.6 Å². The van der Waals surface area contributed by atoms with Gasteiger partial charge in [0.25, 0.3) is 5.89 Å². The number of halogens is 1. The molecule has 0 spiro atoms. The molecule has 0 unspecified atom stereocenters. The van der Waals surface area contributed by atoms with Gasteiger partial charge in [-0.15, -0.1) is 10.2 Å². The van der Waals surface area contributed by atoms with Crippen LogP contribution in [0.1, 0.15) is 24.5 Å². The van der Waals surface area contributed by atoms with Gasteiger partial charge in [0.1, 0.15) is 5.75 Å². The van der Waals surface area contributed by atoms with Crippen LogP contribution in [-0.4, -0.2) is 23.3 Å². The van der Waals surface area contributed by atoms with Crippen molar-refractivity contribution in [2.45, 2.75) is 19.4 Å². The Morgan fingerprint density at radius 3 is 2.69 bits per heavy atom. The zero-order chi connectivity index (χ0) is 18.5. The second-order valence-corrected chi connectivity index (χ2v) is 6.01. The number of nitrogens with zero attached hydrogens (tertiary/aromatic N) is 2. The molecule has 0 saturated carbocycles. The number of rotatable bonds is 6. The third-order valence-corrected chi connectivity index (χ3v) is 3.93. The molecule has 0 saturated heterocycles. The van der Waals surface area contributed by atoms with Gasteiger partial charge in [0.2, 0.25) is 5.89 Å². The standard InChI is InChI=1S/C19H17ClN2O4/c1-12(18-21-22-19(26-18)13-6-4-3-5-7-13)25-17(23)11-14-10-15(20)8-9-16(14)24-2/h3-10,12H,11H2,1-2H3/t12-/m1/s1. The average Bonchev–Trinajstić information content (AvgIpc) is 3.13. The summed E-state index contributed by atoms with van der Waals surface area (Å²) in [5.74, 6) is 0.732. The van der Waals surface area contributed by atoms with Crippen LogP contribution in [0.5, 0.6) is 5.75 Å². The van der Waals surface area contributed by atoms with Gasteiger partial charge in [-0.1, -0.05) is 29.8 Å². The van der Waals surface area contributed by atoms with Gasteiger partial charge in [0.15, 0.2) is 6.10 Å². The van der Waals surface area contributed by atoms with E-state index in [2.05, 4.69) is 10.2 Å². The van der Waals surface area contributed by atoms with Crippen LogP contribution in [0.25, 0.3) is 11.5 Å². The molecule has 0 bridgehead atoms. The second-order valence-electron chi connectivity index (χ2n) is 5.58. The largest absolute Gasteiger partial charge is 0.496 e. The molecule has 1 atom stereocenters. The fourth-order valence-corrected chi connectivity index (χ4v) is 2.62. The molecule has 1 aromatic heterocycles. The fourth-order valence-electron chi connectivity index (χ4n) is 2.43. The third-order valence-electron chi connectivity index (χ3n) is 3.69. The smallest absolute Gasteiger partial charge is 0.311 e. The lowest BCUT2D eigenvalue weighted by atomic mass is 10.1. The van der Waals surface area contributed by atoms with E-state index in [1.807, 2.05) is 30.3 Å². The molecule has 2 aromatic carbocycles. The zero-order valence-electron chi connectivity index (χ0n) is 14.3. The number of ether oxygens (including phenoxy) is 2. The van der Waals surface area contributed by atoms with E-state index in [0.29, 0.717) is 22.2 Å². The SMILES string of the molecule is COc1ccc(Cl)cc1CC(=O)O[C@H](C)c1nnc(-c2ccccc2)o1. The molecule has 0 fully saturated rings. The maximum absolute atomic E-state index is 12.2. The van der Waals surface area contributed by atoms with Crippen LogP contribution in [0.4, 0.5) is 0 Å². The molecule has 0 radical (unpaired) electrons. The average molecular weight is 373 g/mol. The van der Waals surface area contributed by atoms with E-state index in [0.717, 1.165) is 5.56 Å². The van der Waals surface area contributed by atoms with E-state index in [1.165, 1.54) is 7.11 Å². The van der Waals surface area contributed by atoms with E-state index < -0.39 is 12.1 Å². The molecular weight excluding hydrogens is 356 g/mol. The molecular formula is C19H17ClN2O4. The summed E-state index contributed by atoms with van der Waals surface area (Å²) in [6.45, 7) is 1.68. The molecule has 134 valence electrons. The summed E-state index contributed by atoms with van der Waals surface area (Å²) in [5.41, 5.74) is 1.45. The summed E-state index contributed by atoms with van der Waals surface area (Å²) >= 11 is 5.98. The van der Waals surface area contributed by atoms with Gasteiger partial charge in [-0.3, -0.25) is 4.79 Å². The third kappa shape index (κ3) is 4.21. The number of aromatic nitrogens is 2. The first-order chi connectivity index (χ1) is 12.6. The molecule has 3 rings (SSSR count). The van der Waals surface area contributed by atoms with Crippen LogP contribution >= 0.6 is 11.6 Å². The molecule has 7 heteroatoms. The van der Waals surface area contributed by atoms with Crippen LogP contribution < -0.4 is 4.74 Å². The van der Waals surface area contributed by atoms with Crippen molar-refractivity contribution in [3.05, 3.63) is 65.0 Å². The van der Waals surface area contributed by atoms with E-state index in [1.54, 1.807) is 25.1 Å². The minimum absolute atomic E-state index is 0.0216. The molecule has 26 heavy (non-hydrogen) atoms. The summed E-state index contributed by atoms with van der Waals surface area (Å²) in [6, 6.07) is 14.4. The molecule has 3 aromatic rings. The lowest BCUT2D eigenvalue weighted by Gasteiger charge is -2.11. The fraction of sp³-hybridized carbons (Fsp3) is 0.211. The Hall–Kier alpha value is -2.86. The zero-order valence-corrected chi connectivity index (χ0v) is 15.1. The Bertz CT molecular complexity index is 896. The van der Waals surface area contributed by atoms with Crippen molar-refractivity contribution in [2.75, 3.05) is 7.11 Å².